The lowest BCUT2D eigenvalue weighted by Crippen LogP contribution is -2.26. The van der Waals surface area contributed by atoms with Crippen LogP contribution in [0, 0.1) is 6.92 Å². The van der Waals surface area contributed by atoms with E-state index in [0.717, 1.165) is 5.56 Å². The maximum absolute atomic E-state index is 12.2. The van der Waals surface area contributed by atoms with Crippen molar-refractivity contribution in [3.8, 4) is 11.5 Å². The Morgan fingerprint density at radius 1 is 1.19 bits per heavy atom. The molecule has 0 fully saturated rings. The van der Waals surface area contributed by atoms with E-state index in [1.807, 2.05) is 6.92 Å². The maximum atomic E-state index is 12.2. The highest BCUT2D eigenvalue weighted by atomic mass is 35.5. The largest absolute Gasteiger partial charge is 0.495 e. The Morgan fingerprint density at radius 2 is 1.97 bits per heavy atom. The highest BCUT2D eigenvalue weighted by molar-refractivity contribution is 6.30. The van der Waals surface area contributed by atoms with E-state index < -0.39 is 12.1 Å². The summed E-state index contributed by atoms with van der Waals surface area (Å²) in [5.41, 5.74) is 1.33. The lowest BCUT2D eigenvalue weighted by molar-refractivity contribution is -0.153. The van der Waals surface area contributed by atoms with E-state index in [-0.39, 0.29) is 30.7 Å². The fourth-order valence-corrected chi connectivity index (χ4v) is 2.97. The van der Waals surface area contributed by atoms with E-state index in [9.17, 15) is 9.59 Å². The van der Waals surface area contributed by atoms with Gasteiger partial charge in [0.15, 0.2) is 18.5 Å². The Kier molecular flexibility index (Phi) is 7.67. The van der Waals surface area contributed by atoms with Gasteiger partial charge in [0, 0.05) is 5.02 Å². The van der Waals surface area contributed by atoms with Gasteiger partial charge in [0.05, 0.1) is 19.2 Å². The molecule has 0 saturated heterocycles. The topological polar surface area (TPSA) is 113 Å². The summed E-state index contributed by atoms with van der Waals surface area (Å²) < 4.78 is 21.0. The second kappa shape index (κ2) is 10.6. The molecule has 168 valence electrons. The predicted octanol–water partition coefficient (Wildman–Crippen LogP) is 3.73. The van der Waals surface area contributed by atoms with Crippen LogP contribution in [0.25, 0.3) is 0 Å². The molecule has 3 aromatic rings. The molecule has 10 heteroatoms. The number of aromatic nitrogens is 2. The predicted molar refractivity (Wildman–Crippen MR) is 116 cm³/mol. The number of aryl methyl sites for hydroxylation is 1. The van der Waals surface area contributed by atoms with Gasteiger partial charge in [-0.05, 0) is 49.7 Å². The quantitative estimate of drug-likeness (QED) is 0.481. The summed E-state index contributed by atoms with van der Waals surface area (Å²) in [4.78, 5) is 28.5. The van der Waals surface area contributed by atoms with E-state index in [4.69, 9.17) is 30.3 Å². The molecule has 9 nitrogen and oxygen atoms in total. The first-order valence-corrected chi connectivity index (χ1v) is 10.1. The minimum absolute atomic E-state index is 0.0633. The number of carbonyl (C=O) groups excluding carboxylic acids is 2. The number of nitrogens with one attached hydrogen (secondary N) is 1. The third-order valence-electron chi connectivity index (χ3n) is 4.32. The van der Waals surface area contributed by atoms with E-state index in [1.54, 1.807) is 49.4 Å². The van der Waals surface area contributed by atoms with Crippen molar-refractivity contribution in [3.05, 3.63) is 64.8 Å². The van der Waals surface area contributed by atoms with Gasteiger partial charge in [-0.2, -0.15) is 4.98 Å². The van der Waals surface area contributed by atoms with Gasteiger partial charge < -0.3 is 24.1 Å². The molecule has 1 unspecified atom stereocenters. The minimum atomic E-state index is -0.858. The molecule has 3 rings (SSSR count). The number of methoxy groups -OCH3 is 1. The van der Waals surface area contributed by atoms with Crippen molar-refractivity contribution in [2.75, 3.05) is 12.4 Å². The molecule has 0 radical (unpaired) electrons. The van der Waals surface area contributed by atoms with E-state index in [0.29, 0.717) is 22.2 Å². The monoisotopic (exact) mass is 459 g/mol. The van der Waals surface area contributed by atoms with Crippen LogP contribution in [0.2, 0.25) is 5.02 Å². The zero-order valence-corrected chi connectivity index (χ0v) is 18.5. The van der Waals surface area contributed by atoms with Gasteiger partial charge in [-0.3, -0.25) is 4.79 Å². The van der Waals surface area contributed by atoms with Gasteiger partial charge in [-0.25, -0.2) is 4.79 Å². The summed E-state index contributed by atoms with van der Waals surface area (Å²) in [6, 6.07) is 12.1. The first-order chi connectivity index (χ1) is 15.4. The zero-order chi connectivity index (χ0) is 23.1. The van der Waals surface area contributed by atoms with Crippen molar-refractivity contribution in [1.82, 2.24) is 10.1 Å². The molecular formula is C22H22ClN3O6. The average Bonchev–Trinajstić information content (AvgIpc) is 3.21. The lowest BCUT2D eigenvalue weighted by atomic mass is 10.2. The molecule has 0 aliphatic rings. The van der Waals surface area contributed by atoms with Crippen LogP contribution >= 0.6 is 11.6 Å². The fraction of sp³-hybridized carbons (Fsp3) is 0.273. The SMILES string of the molecule is COc1ccccc1NC(=O)Cc1noc(COC(=O)C(C)Oc2ccc(Cl)cc2C)n1. The first-order valence-electron chi connectivity index (χ1n) is 9.69. The lowest BCUT2D eigenvalue weighted by Gasteiger charge is -2.15. The van der Waals surface area contributed by atoms with Crippen LogP contribution in [0.1, 0.15) is 24.2 Å². The molecule has 0 bridgehead atoms. The van der Waals surface area contributed by atoms with Crippen LogP contribution in [-0.2, 0) is 27.4 Å². The Hall–Kier alpha value is -3.59. The molecule has 0 aliphatic heterocycles. The molecular weight excluding hydrogens is 438 g/mol. The summed E-state index contributed by atoms with van der Waals surface area (Å²) in [6.45, 7) is 3.15. The van der Waals surface area contributed by atoms with E-state index >= 15 is 0 Å². The Balaban J connectivity index is 1.49. The van der Waals surface area contributed by atoms with Crippen molar-refractivity contribution in [2.45, 2.75) is 33.0 Å². The smallest absolute Gasteiger partial charge is 0.347 e. The van der Waals surface area contributed by atoms with E-state index in [2.05, 4.69) is 15.5 Å². The molecule has 32 heavy (non-hydrogen) atoms. The third-order valence-corrected chi connectivity index (χ3v) is 4.56. The Morgan fingerprint density at radius 3 is 2.72 bits per heavy atom. The molecule has 1 heterocycles. The Labute approximate surface area is 189 Å². The molecule has 2 aromatic carbocycles. The van der Waals surface area contributed by atoms with Crippen LogP contribution in [0.3, 0.4) is 0 Å². The molecule has 0 spiro atoms. The van der Waals surface area contributed by atoms with Crippen molar-refractivity contribution in [2.24, 2.45) is 0 Å². The summed E-state index contributed by atoms with van der Waals surface area (Å²) in [5, 5.41) is 7.03. The van der Waals surface area contributed by atoms with Crippen molar-refractivity contribution in [1.29, 1.82) is 0 Å². The maximum Gasteiger partial charge on any atom is 0.347 e. The number of esters is 1. The molecule has 0 saturated carbocycles. The van der Waals surface area contributed by atoms with Crippen molar-refractivity contribution in [3.63, 3.8) is 0 Å². The number of amides is 1. The van der Waals surface area contributed by atoms with Gasteiger partial charge in [-0.1, -0.05) is 28.9 Å². The summed E-state index contributed by atoms with van der Waals surface area (Å²) in [7, 11) is 1.51. The van der Waals surface area contributed by atoms with Crippen LogP contribution in [0.15, 0.2) is 47.0 Å². The van der Waals surface area contributed by atoms with Crippen LogP contribution < -0.4 is 14.8 Å². The average molecular weight is 460 g/mol. The number of nitrogens with zero attached hydrogens (tertiary/aromatic N) is 2. The van der Waals surface area contributed by atoms with Gasteiger partial charge >= 0.3 is 5.97 Å². The number of benzene rings is 2. The Bertz CT molecular complexity index is 1100. The minimum Gasteiger partial charge on any atom is -0.495 e. The van der Waals surface area contributed by atoms with Crippen molar-refractivity contribution >= 4 is 29.2 Å². The summed E-state index contributed by atoms with van der Waals surface area (Å²) in [6.07, 6.45) is -0.978. The zero-order valence-electron chi connectivity index (χ0n) is 17.8. The highest BCUT2D eigenvalue weighted by Gasteiger charge is 2.19. The summed E-state index contributed by atoms with van der Waals surface area (Å²) >= 11 is 5.92. The number of anilines is 1. The second-order valence-corrected chi connectivity index (χ2v) is 7.24. The van der Waals surface area contributed by atoms with Crippen LogP contribution in [0.4, 0.5) is 5.69 Å². The summed E-state index contributed by atoms with van der Waals surface area (Å²) in [5.74, 6) is 0.330. The first kappa shape index (κ1) is 23.1. The van der Waals surface area contributed by atoms with Crippen LogP contribution in [-0.4, -0.2) is 35.2 Å². The van der Waals surface area contributed by atoms with Gasteiger partial charge in [0.25, 0.3) is 5.89 Å². The molecule has 1 aromatic heterocycles. The van der Waals surface area contributed by atoms with Gasteiger partial charge in [0.2, 0.25) is 5.91 Å². The van der Waals surface area contributed by atoms with Gasteiger partial charge in [0.1, 0.15) is 11.5 Å². The number of rotatable bonds is 9. The van der Waals surface area contributed by atoms with Gasteiger partial charge in [-0.15, -0.1) is 0 Å². The number of halogens is 1. The number of hydrogen-bond donors (Lipinski definition) is 1. The number of hydrogen-bond acceptors (Lipinski definition) is 8. The molecule has 1 N–H and O–H groups in total. The van der Waals surface area contributed by atoms with Crippen LogP contribution in [0.5, 0.6) is 11.5 Å². The van der Waals surface area contributed by atoms with Crippen molar-refractivity contribution < 1.29 is 28.3 Å². The molecule has 0 aliphatic carbocycles. The fourth-order valence-electron chi connectivity index (χ4n) is 2.74. The normalized spacial score (nSPS) is 11.5. The second-order valence-electron chi connectivity index (χ2n) is 6.81. The number of carbonyl (C=O) groups is 2. The highest BCUT2D eigenvalue weighted by Crippen LogP contribution is 2.24. The number of para-hydroxylation sites is 2. The molecule has 1 amide bonds. The van der Waals surface area contributed by atoms with E-state index in [1.165, 1.54) is 7.11 Å². The number of ether oxygens (including phenoxy) is 3. The third kappa shape index (κ3) is 6.21. The standard InChI is InChI=1S/C22H22ClN3O6/c1-13-10-15(23)8-9-17(13)31-14(2)22(28)30-12-21-25-19(26-32-21)11-20(27)24-16-6-4-5-7-18(16)29-3/h4-10,14H,11-12H2,1-3H3,(H,24,27). The molecule has 1 atom stereocenters.